The first-order valence-corrected chi connectivity index (χ1v) is 7.80. The lowest BCUT2D eigenvalue weighted by Crippen LogP contribution is -2.08. The van der Waals surface area contributed by atoms with E-state index in [-0.39, 0.29) is 18.3 Å². The van der Waals surface area contributed by atoms with E-state index in [1.807, 2.05) is 30.3 Å². The smallest absolute Gasteiger partial charge is 0.123 e. The summed E-state index contributed by atoms with van der Waals surface area (Å²) in [5.41, 5.74) is 1.84. The first kappa shape index (κ1) is 17.4. The lowest BCUT2D eigenvalue weighted by atomic mass is 9.94. The Morgan fingerprint density at radius 1 is 1.13 bits per heavy atom. The van der Waals surface area contributed by atoms with Crippen molar-refractivity contribution < 1.29 is 19.0 Å². The normalized spacial score (nSPS) is 12.1. The van der Waals surface area contributed by atoms with E-state index in [9.17, 15) is 9.50 Å². The van der Waals surface area contributed by atoms with Crippen LogP contribution in [0.2, 0.25) is 0 Å². The van der Waals surface area contributed by atoms with Crippen LogP contribution in [-0.2, 0) is 11.3 Å². The molecule has 2 aromatic rings. The van der Waals surface area contributed by atoms with Crippen molar-refractivity contribution in [3.8, 4) is 5.75 Å². The molecule has 3 nitrogen and oxygen atoms in total. The third-order valence-electron chi connectivity index (χ3n) is 3.80. The predicted molar refractivity (Wildman–Crippen MR) is 88.1 cm³/mol. The number of benzene rings is 2. The summed E-state index contributed by atoms with van der Waals surface area (Å²) in [6.07, 6.45) is 1.50. The van der Waals surface area contributed by atoms with E-state index in [2.05, 4.69) is 0 Å². The van der Waals surface area contributed by atoms with Crippen molar-refractivity contribution in [2.75, 3.05) is 20.3 Å². The van der Waals surface area contributed by atoms with Gasteiger partial charge in [-0.15, -0.1) is 0 Å². The lowest BCUT2D eigenvalue weighted by Gasteiger charge is -2.18. The Balaban J connectivity index is 1.82. The fourth-order valence-electron chi connectivity index (χ4n) is 2.57. The van der Waals surface area contributed by atoms with E-state index >= 15 is 0 Å². The molecule has 0 saturated carbocycles. The Hall–Kier alpha value is -1.91. The maximum absolute atomic E-state index is 13.4. The summed E-state index contributed by atoms with van der Waals surface area (Å²) in [7, 11) is 1.55. The molecule has 0 bridgehead atoms. The Morgan fingerprint density at radius 2 is 1.91 bits per heavy atom. The largest absolute Gasteiger partial charge is 0.496 e. The molecule has 124 valence electrons. The van der Waals surface area contributed by atoms with Crippen molar-refractivity contribution in [3.05, 3.63) is 65.5 Å². The summed E-state index contributed by atoms with van der Waals surface area (Å²) in [4.78, 5) is 0. The quantitative estimate of drug-likeness (QED) is 0.713. The predicted octanol–water partition coefficient (Wildman–Crippen LogP) is 3.91. The van der Waals surface area contributed by atoms with Gasteiger partial charge < -0.3 is 14.6 Å². The molecule has 0 spiro atoms. The van der Waals surface area contributed by atoms with Crippen LogP contribution in [0.1, 0.15) is 29.9 Å². The van der Waals surface area contributed by atoms with Crippen LogP contribution in [0.25, 0.3) is 0 Å². The summed E-state index contributed by atoms with van der Waals surface area (Å²) in [6, 6.07) is 14.4. The van der Waals surface area contributed by atoms with E-state index in [0.717, 1.165) is 12.0 Å². The number of aliphatic hydroxyl groups is 1. The van der Waals surface area contributed by atoms with Gasteiger partial charge in [-0.05, 0) is 36.6 Å². The molecule has 0 aliphatic heterocycles. The molecule has 0 amide bonds. The third-order valence-corrected chi connectivity index (χ3v) is 3.80. The lowest BCUT2D eigenvalue weighted by molar-refractivity contribution is 0.113. The summed E-state index contributed by atoms with van der Waals surface area (Å²) in [5, 5.41) is 9.61. The minimum atomic E-state index is -0.320. The molecule has 0 saturated heterocycles. The van der Waals surface area contributed by atoms with Gasteiger partial charge in [0, 0.05) is 18.1 Å². The first-order valence-electron chi connectivity index (χ1n) is 7.80. The van der Waals surface area contributed by atoms with Gasteiger partial charge in [0.25, 0.3) is 0 Å². The number of hydrogen-bond acceptors (Lipinski definition) is 3. The monoisotopic (exact) mass is 318 g/mol. The van der Waals surface area contributed by atoms with Crippen molar-refractivity contribution in [2.45, 2.75) is 25.4 Å². The van der Waals surface area contributed by atoms with E-state index in [1.54, 1.807) is 13.2 Å². The number of halogens is 1. The van der Waals surface area contributed by atoms with Crippen LogP contribution in [-0.4, -0.2) is 25.4 Å². The molecular weight excluding hydrogens is 295 g/mol. The van der Waals surface area contributed by atoms with Crippen molar-refractivity contribution in [1.29, 1.82) is 0 Å². The number of hydrogen-bond donors (Lipinski definition) is 1. The zero-order chi connectivity index (χ0) is 16.5. The van der Waals surface area contributed by atoms with Gasteiger partial charge in [0.05, 0.1) is 20.3 Å². The second-order valence-corrected chi connectivity index (χ2v) is 5.45. The highest BCUT2D eigenvalue weighted by atomic mass is 19.1. The molecule has 0 aliphatic rings. The highest BCUT2D eigenvalue weighted by Gasteiger charge is 2.16. The molecule has 2 aromatic carbocycles. The fraction of sp³-hybridized carbons (Fsp3) is 0.368. The van der Waals surface area contributed by atoms with Crippen LogP contribution in [0, 0.1) is 5.82 Å². The highest BCUT2D eigenvalue weighted by molar-refractivity contribution is 5.36. The van der Waals surface area contributed by atoms with Crippen molar-refractivity contribution in [2.24, 2.45) is 0 Å². The molecule has 0 heterocycles. The fourth-order valence-corrected chi connectivity index (χ4v) is 2.57. The standard InChI is InChI=1S/C19H23FO3/c1-22-19-10-9-17(20)12-18(19)16(13-21)8-5-11-23-14-15-6-3-2-4-7-15/h2-4,6-7,9-10,12,16,21H,5,8,11,13-14H2,1H3. The van der Waals surface area contributed by atoms with Gasteiger partial charge in [0.1, 0.15) is 11.6 Å². The Morgan fingerprint density at radius 3 is 2.61 bits per heavy atom. The zero-order valence-electron chi connectivity index (χ0n) is 13.4. The maximum Gasteiger partial charge on any atom is 0.123 e. The van der Waals surface area contributed by atoms with Crippen LogP contribution < -0.4 is 4.74 Å². The van der Waals surface area contributed by atoms with Gasteiger partial charge >= 0.3 is 0 Å². The average Bonchev–Trinajstić information content (AvgIpc) is 2.59. The number of aliphatic hydroxyl groups excluding tert-OH is 1. The Kier molecular flexibility index (Phi) is 7.04. The Labute approximate surface area is 136 Å². The molecule has 1 N–H and O–H groups in total. The third kappa shape index (κ3) is 5.34. The molecule has 1 unspecified atom stereocenters. The summed E-state index contributed by atoms with van der Waals surface area (Å²) in [6.45, 7) is 1.13. The highest BCUT2D eigenvalue weighted by Crippen LogP contribution is 2.30. The average molecular weight is 318 g/mol. The first-order chi connectivity index (χ1) is 11.2. The number of methoxy groups -OCH3 is 1. The van der Waals surface area contributed by atoms with Gasteiger partial charge in [-0.2, -0.15) is 0 Å². The van der Waals surface area contributed by atoms with E-state index in [4.69, 9.17) is 9.47 Å². The second kappa shape index (κ2) is 9.28. The molecule has 0 aromatic heterocycles. The summed E-state index contributed by atoms with van der Waals surface area (Å²) < 4.78 is 24.4. The van der Waals surface area contributed by atoms with Crippen LogP contribution >= 0.6 is 0 Å². The molecule has 23 heavy (non-hydrogen) atoms. The molecule has 0 fully saturated rings. The molecule has 0 radical (unpaired) electrons. The number of rotatable bonds is 9. The number of ether oxygens (including phenoxy) is 2. The van der Waals surface area contributed by atoms with Crippen LogP contribution in [0.4, 0.5) is 4.39 Å². The topological polar surface area (TPSA) is 38.7 Å². The van der Waals surface area contributed by atoms with Gasteiger partial charge in [-0.1, -0.05) is 30.3 Å². The van der Waals surface area contributed by atoms with Crippen LogP contribution in [0.5, 0.6) is 5.75 Å². The van der Waals surface area contributed by atoms with Crippen molar-refractivity contribution in [3.63, 3.8) is 0 Å². The minimum Gasteiger partial charge on any atom is -0.496 e. The van der Waals surface area contributed by atoms with Gasteiger partial charge in [0.2, 0.25) is 0 Å². The van der Waals surface area contributed by atoms with Gasteiger partial charge in [-0.25, -0.2) is 4.39 Å². The zero-order valence-corrected chi connectivity index (χ0v) is 13.4. The van der Waals surface area contributed by atoms with Crippen LogP contribution in [0.3, 0.4) is 0 Å². The van der Waals surface area contributed by atoms with E-state index in [0.29, 0.717) is 30.9 Å². The van der Waals surface area contributed by atoms with E-state index < -0.39 is 0 Å². The summed E-state index contributed by atoms with van der Waals surface area (Å²) in [5.74, 6) is 0.135. The van der Waals surface area contributed by atoms with E-state index in [1.165, 1.54) is 12.1 Å². The SMILES string of the molecule is COc1ccc(F)cc1C(CO)CCCOCc1ccccc1. The van der Waals surface area contributed by atoms with Crippen molar-refractivity contribution in [1.82, 2.24) is 0 Å². The summed E-state index contributed by atoms with van der Waals surface area (Å²) >= 11 is 0. The molecule has 4 heteroatoms. The van der Waals surface area contributed by atoms with Gasteiger partial charge in [0.15, 0.2) is 0 Å². The minimum absolute atomic E-state index is 0.0432. The maximum atomic E-state index is 13.4. The molecular formula is C19H23FO3. The van der Waals surface area contributed by atoms with Gasteiger partial charge in [-0.3, -0.25) is 0 Å². The molecule has 2 rings (SSSR count). The molecule has 0 aliphatic carbocycles. The Bertz CT molecular complexity index is 586. The van der Waals surface area contributed by atoms with Crippen molar-refractivity contribution >= 4 is 0 Å². The molecule has 1 atom stereocenters. The second-order valence-electron chi connectivity index (χ2n) is 5.45. The van der Waals surface area contributed by atoms with Crippen LogP contribution in [0.15, 0.2) is 48.5 Å².